The maximum absolute atomic E-state index is 9.51. The van der Waals surface area contributed by atoms with Gasteiger partial charge in [-0.2, -0.15) is 0 Å². The van der Waals surface area contributed by atoms with Gasteiger partial charge in [0.2, 0.25) is 0 Å². The van der Waals surface area contributed by atoms with Gasteiger partial charge in [0, 0.05) is 18.2 Å². The highest BCUT2D eigenvalue weighted by atomic mass is 35.5. The molecule has 0 saturated heterocycles. The Morgan fingerprint density at radius 2 is 2.25 bits per heavy atom. The number of rotatable bonds is 4. The van der Waals surface area contributed by atoms with Gasteiger partial charge in [0.05, 0.1) is 0 Å². The molecule has 0 radical (unpaired) electrons. The van der Waals surface area contributed by atoms with Crippen molar-refractivity contribution in [1.29, 1.82) is 0 Å². The van der Waals surface area contributed by atoms with Crippen LogP contribution in [0.3, 0.4) is 0 Å². The minimum Gasteiger partial charge on any atom is -0.772 e. The molecule has 0 aliphatic rings. The number of halogens is 1. The molecule has 0 aromatic heterocycles. The number of hydrogen-bond donors (Lipinski definition) is 1. The van der Waals surface area contributed by atoms with E-state index >= 15 is 0 Å². The van der Waals surface area contributed by atoms with Crippen LogP contribution in [0.5, 0.6) is 0 Å². The van der Waals surface area contributed by atoms with E-state index in [2.05, 4.69) is 0 Å². The first-order valence-corrected chi connectivity index (χ1v) is 5.31. The lowest BCUT2D eigenvalue weighted by atomic mass is 10.7. The Balaban J connectivity index is 0. The largest absolute Gasteiger partial charge is 0.772 e. The molecular weight excluding hydrogens is 202 g/mol. The fourth-order valence-corrected chi connectivity index (χ4v) is 0.830. The first-order chi connectivity index (χ1) is 5.54. The molecule has 2 unspecified atom stereocenters. The average molecular weight is 217 g/mol. The predicted molar refractivity (Wildman–Crippen MR) is 49.8 cm³/mol. The lowest BCUT2D eigenvalue weighted by Gasteiger charge is -2.00. The molecule has 2 atom stereocenters. The van der Waals surface area contributed by atoms with Crippen LogP contribution in [0.25, 0.3) is 0 Å². The lowest BCUT2D eigenvalue weighted by molar-refractivity contribution is 0.0814. The van der Waals surface area contributed by atoms with Crippen molar-refractivity contribution in [2.45, 2.75) is 20.1 Å². The quantitative estimate of drug-likeness (QED) is 0.420. The summed E-state index contributed by atoms with van der Waals surface area (Å²) >= 11 is 3.06. The van der Waals surface area contributed by atoms with Crippen molar-refractivity contribution in [3.8, 4) is 0 Å². The summed E-state index contributed by atoms with van der Waals surface area (Å²) in [6.45, 7) is 4.44. The smallest absolute Gasteiger partial charge is 0.102 e. The predicted octanol–water partition coefficient (Wildman–Crippen LogP) is 0.432. The minimum absolute atomic E-state index is 0.0571. The van der Waals surface area contributed by atoms with E-state index in [1.54, 1.807) is 0 Å². The van der Waals surface area contributed by atoms with E-state index in [4.69, 9.17) is 22.1 Å². The monoisotopic (exact) mass is 216 g/mol. The number of alkyl halides is 1. The second kappa shape index (κ2) is 11.3. The Labute approximate surface area is 80.7 Å². The molecule has 0 heterocycles. The van der Waals surface area contributed by atoms with Gasteiger partial charge in [-0.25, -0.2) is 0 Å². The zero-order chi connectivity index (χ0) is 9.98. The Morgan fingerprint density at radius 3 is 2.25 bits per heavy atom. The van der Waals surface area contributed by atoms with Crippen molar-refractivity contribution >= 4 is 22.7 Å². The van der Waals surface area contributed by atoms with E-state index in [0.717, 1.165) is 0 Å². The molecule has 0 fully saturated rings. The summed E-state index contributed by atoms with van der Waals surface area (Å²) in [7, 11) is 0. The summed E-state index contributed by atoms with van der Waals surface area (Å²) in [5.41, 5.74) is 5.18. The van der Waals surface area contributed by atoms with E-state index in [1.165, 1.54) is 0 Å². The van der Waals surface area contributed by atoms with Crippen molar-refractivity contribution in [2.24, 2.45) is 5.73 Å². The average Bonchev–Trinajstić information content (AvgIpc) is 1.87. The van der Waals surface area contributed by atoms with Crippen LogP contribution in [0.4, 0.5) is 0 Å². The van der Waals surface area contributed by atoms with Gasteiger partial charge < -0.3 is 15.0 Å². The molecule has 12 heavy (non-hydrogen) atoms. The van der Waals surface area contributed by atoms with Crippen molar-refractivity contribution in [1.82, 2.24) is 0 Å². The molecule has 0 saturated carbocycles. The standard InChI is InChI=1S/C4H11NO.C2H5ClO2S/c1-3-6-4(2)5;3-1-2-6(4)5/h4H,3,5H2,1-2H3;1-2H2,(H,4,5)/p-1. The Bertz CT molecular complexity index is 113. The summed E-state index contributed by atoms with van der Waals surface area (Å²) in [6.07, 6.45) is -0.102. The maximum atomic E-state index is 9.51. The molecule has 0 aromatic rings. The fraction of sp³-hybridized carbons (Fsp3) is 1.00. The first-order valence-electron chi connectivity index (χ1n) is 3.53. The molecule has 0 spiro atoms. The Kier molecular flexibility index (Phi) is 14.0. The van der Waals surface area contributed by atoms with Crippen LogP contribution < -0.4 is 5.73 Å². The van der Waals surface area contributed by atoms with Gasteiger partial charge in [0.15, 0.2) is 0 Å². The molecule has 0 bridgehead atoms. The zero-order valence-corrected chi connectivity index (χ0v) is 8.86. The summed E-state index contributed by atoms with van der Waals surface area (Å²) in [4.78, 5) is 0. The third-order valence-corrected chi connectivity index (χ3v) is 1.62. The van der Waals surface area contributed by atoms with Crippen molar-refractivity contribution < 1.29 is 13.5 Å². The van der Waals surface area contributed by atoms with Crippen molar-refractivity contribution in [2.75, 3.05) is 18.2 Å². The first kappa shape index (κ1) is 14.8. The molecule has 2 N–H and O–H groups in total. The summed E-state index contributed by atoms with van der Waals surface area (Å²) in [6, 6.07) is 0. The highest BCUT2D eigenvalue weighted by Gasteiger charge is 1.83. The minimum atomic E-state index is -1.95. The molecule has 0 aliphatic carbocycles. The second-order valence-corrected chi connectivity index (χ2v) is 3.25. The molecule has 4 nitrogen and oxygen atoms in total. The molecule has 0 aromatic carbocycles. The molecule has 0 rings (SSSR count). The summed E-state index contributed by atoms with van der Waals surface area (Å²) < 4.78 is 23.8. The fourth-order valence-electron chi connectivity index (χ4n) is 0.326. The Hall–Kier alpha value is 0.320. The van der Waals surface area contributed by atoms with E-state index in [-0.39, 0.29) is 17.9 Å². The topological polar surface area (TPSA) is 75.4 Å². The van der Waals surface area contributed by atoms with Crippen molar-refractivity contribution in [3.63, 3.8) is 0 Å². The van der Waals surface area contributed by atoms with Gasteiger partial charge in [-0.3, -0.25) is 4.21 Å². The van der Waals surface area contributed by atoms with Crippen LogP contribution in [0.1, 0.15) is 13.8 Å². The summed E-state index contributed by atoms with van der Waals surface area (Å²) in [5.74, 6) is 0.248. The zero-order valence-electron chi connectivity index (χ0n) is 7.29. The number of nitrogens with two attached hydrogens (primary N) is 1. The van der Waals surface area contributed by atoms with Gasteiger partial charge >= 0.3 is 0 Å². The molecule has 6 heteroatoms. The lowest BCUT2D eigenvalue weighted by Crippen LogP contribution is -2.18. The number of hydrogen-bond acceptors (Lipinski definition) is 4. The van der Waals surface area contributed by atoms with Gasteiger partial charge in [-0.1, -0.05) is 11.1 Å². The molecule has 0 amide bonds. The van der Waals surface area contributed by atoms with E-state index < -0.39 is 11.1 Å². The van der Waals surface area contributed by atoms with E-state index in [0.29, 0.717) is 6.61 Å². The number of ether oxygens (including phenoxy) is 1. The third-order valence-electron chi connectivity index (χ3n) is 0.673. The normalized spacial score (nSPS) is 14.4. The highest BCUT2D eigenvalue weighted by molar-refractivity contribution is 7.79. The Morgan fingerprint density at radius 1 is 1.75 bits per heavy atom. The van der Waals surface area contributed by atoms with Crippen LogP contribution in [0.2, 0.25) is 0 Å². The van der Waals surface area contributed by atoms with Gasteiger partial charge in [0.25, 0.3) is 0 Å². The highest BCUT2D eigenvalue weighted by Crippen LogP contribution is 1.76. The van der Waals surface area contributed by atoms with E-state index in [9.17, 15) is 8.76 Å². The SMILES string of the molecule is CCOC(C)N.O=S([O-])CCCl. The van der Waals surface area contributed by atoms with Gasteiger partial charge in [0.1, 0.15) is 6.23 Å². The molecule has 0 aliphatic heterocycles. The molecule has 76 valence electrons. The van der Waals surface area contributed by atoms with Crippen LogP contribution in [0, 0.1) is 0 Å². The van der Waals surface area contributed by atoms with Gasteiger partial charge in [-0.15, -0.1) is 11.6 Å². The summed E-state index contributed by atoms with van der Waals surface area (Å²) in [5, 5.41) is 0. The van der Waals surface area contributed by atoms with Crippen molar-refractivity contribution in [3.05, 3.63) is 0 Å². The van der Waals surface area contributed by atoms with Crippen LogP contribution >= 0.6 is 11.6 Å². The van der Waals surface area contributed by atoms with Crippen LogP contribution in [-0.4, -0.2) is 33.2 Å². The van der Waals surface area contributed by atoms with Crippen LogP contribution in [-0.2, 0) is 15.8 Å². The van der Waals surface area contributed by atoms with Gasteiger partial charge in [-0.05, 0) is 13.8 Å². The second-order valence-electron chi connectivity index (χ2n) is 1.86. The molecular formula is C6H15ClNO3S-. The maximum Gasteiger partial charge on any atom is 0.102 e. The van der Waals surface area contributed by atoms with Crippen LogP contribution in [0.15, 0.2) is 0 Å². The van der Waals surface area contributed by atoms with E-state index in [1.807, 2.05) is 13.8 Å². The third kappa shape index (κ3) is 22.4.